The summed E-state index contributed by atoms with van der Waals surface area (Å²) in [5.74, 6) is -2.01. The van der Waals surface area contributed by atoms with Crippen molar-refractivity contribution in [1.29, 1.82) is 0 Å². The fraction of sp³-hybridized carbons (Fsp3) is 0.805. The average Bonchev–Trinajstić information content (AvgIpc) is 3.13. The van der Waals surface area contributed by atoms with Crippen LogP contribution in [0.2, 0.25) is 0 Å². The monoisotopic (exact) mass is 788 g/mol. The van der Waals surface area contributed by atoms with Gasteiger partial charge in [-0.2, -0.15) is 8.42 Å². The van der Waals surface area contributed by atoms with E-state index in [1.54, 1.807) is 0 Å². The molecule has 6 unspecified atom stereocenters. The molecule has 0 saturated carbocycles. The van der Waals surface area contributed by atoms with Crippen molar-refractivity contribution >= 4 is 22.1 Å². The molecule has 0 spiro atoms. The Hall–Kier alpha value is -2.13. The van der Waals surface area contributed by atoms with Gasteiger partial charge in [0.05, 0.1) is 6.61 Å². The van der Waals surface area contributed by atoms with Crippen LogP contribution in [-0.2, 0) is 38.7 Å². The maximum Gasteiger partial charge on any atom is 0.306 e. The number of esters is 2. The number of carbonyl (C=O) groups excluding carboxylic acids is 2. The third kappa shape index (κ3) is 26.6. The molecule has 13 heteroatoms. The third-order valence-corrected chi connectivity index (χ3v) is 9.98. The Morgan fingerprint density at radius 1 is 0.648 bits per heavy atom. The minimum atomic E-state index is -4.60. The van der Waals surface area contributed by atoms with Gasteiger partial charge in [0.25, 0.3) is 10.1 Å². The fourth-order valence-corrected chi connectivity index (χ4v) is 6.73. The van der Waals surface area contributed by atoms with Crippen LogP contribution in [0, 0.1) is 0 Å². The van der Waals surface area contributed by atoms with Gasteiger partial charge in [-0.3, -0.25) is 14.1 Å². The zero-order valence-corrected chi connectivity index (χ0v) is 33.9. The third-order valence-electron chi connectivity index (χ3n) is 9.23. The summed E-state index contributed by atoms with van der Waals surface area (Å²) in [7, 11) is -4.60. The summed E-state index contributed by atoms with van der Waals surface area (Å²) in [5, 5.41) is 30.8. The highest BCUT2D eigenvalue weighted by atomic mass is 32.2. The molecule has 54 heavy (non-hydrogen) atoms. The molecule has 12 nitrogen and oxygen atoms in total. The van der Waals surface area contributed by atoms with Gasteiger partial charge in [-0.15, -0.1) is 0 Å². The minimum absolute atomic E-state index is 0.146. The molecule has 0 amide bonds. The largest absolute Gasteiger partial charge is 0.462 e. The number of unbranched alkanes of at least 4 members (excludes halogenated alkanes) is 15. The van der Waals surface area contributed by atoms with E-state index < -0.39 is 71.2 Å². The molecule has 0 aliphatic carbocycles. The number of rotatable bonds is 33. The van der Waals surface area contributed by atoms with E-state index in [9.17, 15) is 37.9 Å². The smallest absolute Gasteiger partial charge is 0.306 e. The highest BCUT2D eigenvalue weighted by Gasteiger charge is 2.46. The second-order valence-corrected chi connectivity index (χ2v) is 15.8. The van der Waals surface area contributed by atoms with Crippen LogP contribution < -0.4 is 0 Å². The second kappa shape index (κ2) is 32.0. The van der Waals surface area contributed by atoms with Crippen molar-refractivity contribution in [3.05, 3.63) is 36.5 Å². The lowest BCUT2D eigenvalue weighted by Gasteiger charge is -2.40. The molecular formula is C41H72O12S. The number of carbonyl (C=O) groups is 2. The van der Waals surface area contributed by atoms with E-state index in [-0.39, 0.29) is 19.4 Å². The Morgan fingerprint density at radius 2 is 1.17 bits per heavy atom. The Bertz CT molecular complexity index is 1150. The van der Waals surface area contributed by atoms with Crippen LogP contribution in [0.25, 0.3) is 0 Å². The van der Waals surface area contributed by atoms with E-state index in [1.807, 2.05) is 0 Å². The van der Waals surface area contributed by atoms with Crippen LogP contribution in [0.3, 0.4) is 0 Å². The van der Waals surface area contributed by atoms with Gasteiger partial charge in [-0.1, -0.05) is 134 Å². The molecule has 0 aromatic rings. The highest BCUT2D eigenvalue weighted by molar-refractivity contribution is 7.85. The molecule has 314 valence electrons. The van der Waals surface area contributed by atoms with E-state index in [2.05, 4.69) is 50.3 Å². The summed E-state index contributed by atoms with van der Waals surface area (Å²) in [6.45, 7) is 3.60. The first-order chi connectivity index (χ1) is 26.0. The van der Waals surface area contributed by atoms with Gasteiger partial charge in [0.2, 0.25) is 0 Å². The Labute approximate surface area is 325 Å². The number of aliphatic hydroxyl groups excluding tert-OH is 3. The Kier molecular flexibility index (Phi) is 29.6. The van der Waals surface area contributed by atoms with Crippen LogP contribution in [0.4, 0.5) is 0 Å². The predicted octanol–water partition coefficient (Wildman–Crippen LogP) is 7.44. The second-order valence-electron chi connectivity index (χ2n) is 14.3. The molecule has 6 atom stereocenters. The normalized spacial score (nSPS) is 21.3. The van der Waals surface area contributed by atoms with Gasteiger partial charge in [-0.25, -0.2) is 0 Å². The van der Waals surface area contributed by atoms with E-state index in [0.29, 0.717) is 12.8 Å². The number of hydrogen-bond donors (Lipinski definition) is 4. The van der Waals surface area contributed by atoms with Crippen LogP contribution >= 0.6 is 0 Å². The number of ether oxygens (including phenoxy) is 4. The molecule has 0 bridgehead atoms. The van der Waals surface area contributed by atoms with Crippen LogP contribution in [0.5, 0.6) is 0 Å². The number of aliphatic hydroxyl groups is 3. The van der Waals surface area contributed by atoms with E-state index in [1.165, 1.54) is 44.9 Å². The molecular weight excluding hydrogens is 717 g/mol. The standard InChI is InChI=1S/C41H72O12S/c1-3-5-7-9-11-13-15-16-17-18-20-22-24-26-28-30-37(43)52-34(31-50-36(42)29-27-25-23-21-19-14-12-10-8-6-4-2)32-51-41-40(46)39(45)38(44)35(53-41)33-54(47,48)49/h5,7,11,13,16-17,34-35,38-41,44-46H,3-4,6,8-10,12,14-15,18-33H2,1-2H3,(H,47,48,49)/b7-5-,13-11-,17-16-. The van der Waals surface area contributed by atoms with Crippen LogP contribution in [0.15, 0.2) is 36.5 Å². The molecule has 0 aromatic heterocycles. The van der Waals surface area contributed by atoms with Crippen molar-refractivity contribution in [2.24, 2.45) is 0 Å². The number of hydrogen-bond acceptors (Lipinski definition) is 11. The van der Waals surface area contributed by atoms with E-state index in [0.717, 1.165) is 70.6 Å². The highest BCUT2D eigenvalue weighted by Crippen LogP contribution is 2.24. The Morgan fingerprint density at radius 3 is 1.74 bits per heavy atom. The number of allylic oxidation sites excluding steroid dienone is 6. The first-order valence-corrected chi connectivity index (χ1v) is 22.2. The molecule has 0 radical (unpaired) electrons. The summed E-state index contributed by atoms with van der Waals surface area (Å²) in [6.07, 6.45) is 24.8. The van der Waals surface area contributed by atoms with Gasteiger partial charge in [0, 0.05) is 12.8 Å². The van der Waals surface area contributed by atoms with E-state index >= 15 is 0 Å². The van der Waals surface area contributed by atoms with Gasteiger partial charge in [0.15, 0.2) is 12.4 Å². The maximum absolute atomic E-state index is 12.8. The minimum Gasteiger partial charge on any atom is -0.462 e. The zero-order chi connectivity index (χ0) is 39.9. The van der Waals surface area contributed by atoms with Gasteiger partial charge < -0.3 is 34.3 Å². The summed E-state index contributed by atoms with van der Waals surface area (Å²) >= 11 is 0. The van der Waals surface area contributed by atoms with Crippen molar-refractivity contribution < 1.29 is 56.8 Å². The molecule has 1 aliphatic rings. The molecule has 1 aliphatic heterocycles. The Balaban J connectivity index is 2.51. The summed E-state index contributed by atoms with van der Waals surface area (Å²) in [6, 6.07) is 0. The van der Waals surface area contributed by atoms with Crippen molar-refractivity contribution in [1.82, 2.24) is 0 Å². The van der Waals surface area contributed by atoms with Crippen molar-refractivity contribution in [3.63, 3.8) is 0 Å². The van der Waals surface area contributed by atoms with E-state index in [4.69, 9.17) is 18.9 Å². The van der Waals surface area contributed by atoms with Crippen LogP contribution in [-0.4, -0.2) is 96.0 Å². The van der Waals surface area contributed by atoms with Crippen molar-refractivity contribution in [2.75, 3.05) is 19.0 Å². The molecule has 0 aromatic carbocycles. The SMILES string of the molecule is CC/C=C\C/C=C\C/C=C\CCCCCCCC(=O)OC(COC(=O)CCCCCCCCCCCCC)COC1OC(CS(=O)(=O)O)C(O)C(O)C1O. The quantitative estimate of drug-likeness (QED) is 0.0223. The lowest BCUT2D eigenvalue weighted by atomic mass is 10.00. The van der Waals surface area contributed by atoms with Crippen molar-refractivity contribution in [2.45, 2.75) is 192 Å². The first kappa shape index (κ1) is 49.9. The molecule has 1 rings (SSSR count). The lowest BCUT2D eigenvalue weighted by molar-refractivity contribution is -0.297. The van der Waals surface area contributed by atoms with Gasteiger partial charge >= 0.3 is 11.9 Å². The fourth-order valence-electron chi connectivity index (χ4n) is 6.04. The summed E-state index contributed by atoms with van der Waals surface area (Å²) in [4.78, 5) is 25.3. The topological polar surface area (TPSA) is 186 Å². The first-order valence-electron chi connectivity index (χ1n) is 20.5. The lowest BCUT2D eigenvalue weighted by Crippen LogP contribution is -2.60. The average molecular weight is 789 g/mol. The molecule has 4 N–H and O–H groups in total. The predicted molar refractivity (Wildman–Crippen MR) is 210 cm³/mol. The molecule has 1 saturated heterocycles. The molecule has 1 heterocycles. The summed E-state index contributed by atoms with van der Waals surface area (Å²) < 4.78 is 53.9. The molecule has 1 fully saturated rings. The summed E-state index contributed by atoms with van der Waals surface area (Å²) in [5.41, 5.74) is 0. The van der Waals surface area contributed by atoms with Gasteiger partial charge in [0.1, 0.15) is 36.8 Å². The maximum atomic E-state index is 12.8. The zero-order valence-electron chi connectivity index (χ0n) is 33.1. The van der Waals surface area contributed by atoms with Crippen molar-refractivity contribution in [3.8, 4) is 0 Å². The van der Waals surface area contributed by atoms with Crippen LogP contribution in [0.1, 0.15) is 155 Å². The van der Waals surface area contributed by atoms with Gasteiger partial charge in [-0.05, 0) is 44.9 Å².